The molecule has 106 valence electrons. The zero-order chi connectivity index (χ0) is 15.1. The molecule has 0 bridgehead atoms. The second kappa shape index (κ2) is 7.05. The fourth-order valence-corrected chi connectivity index (χ4v) is 1.77. The van der Waals surface area contributed by atoms with Crippen LogP contribution in [0, 0.1) is 0 Å². The van der Waals surface area contributed by atoms with Crippen LogP contribution in [0.1, 0.15) is 21.5 Å². The standard InChI is InChI=1S/C17H14O4/c18-16(21-12-13-6-2-1-3-7-13)11-10-14-8-4-5-9-15(14)17(19)20/h1-11H,12H2,(H,19,20)/b11-10-. The number of aromatic carboxylic acids is 1. The van der Waals surface area contributed by atoms with Gasteiger partial charge in [-0.2, -0.15) is 0 Å². The van der Waals surface area contributed by atoms with Crippen LogP contribution in [0.25, 0.3) is 6.08 Å². The highest BCUT2D eigenvalue weighted by molar-refractivity contribution is 5.94. The molecular weight excluding hydrogens is 268 g/mol. The SMILES string of the molecule is O=C(/C=C\c1ccccc1C(=O)O)OCc1ccccc1. The van der Waals surface area contributed by atoms with Crippen molar-refractivity contribution in [2.24, 2.45) is 0 Å². The highest BCUT2D eigenvalue weighted by atomic mass is 16.5. The van der Waals surface area contributed by atoms with E-state index in [0.29, 0.717) is 5.56 Å². The van der Waals surface area contributed by atoms with Crippen LogP contribution in [0.5, 0.6) is 0 Å². The number of benzene rings is 2. The van der Waals surface area contributed by atoms with E-state index in [4.69, 9.17) is 9.84 Å². The Kier molecular flexibility index (Phi) is 4.88. The van der Waals surface area contributed by atoms with Crippen molar-refractivity contribution in [2.45, 2.75) is 6.61 Å². The molecule has 0 heterocycles. The third kappa shape index (κ3) is 4.31. The van der Waals surface area contributed by atoms with E-state index in [2.05, 4.69) is 0 Å². The fourth-order valence-electron chi connectivity index (χ4n) is 1.77. The predicted molar refractivity (Wildman–Crippen MR) is 78.7 cm³/mol. The topological polar surface area (TPSA) is 63.6 Å². The number of carboxylic acid groups (broad SMARTS) is 1. The van der Waals surface area contributed by atoms with Crippen LogP contribution in [0.4, 0.5) is 0 Å². The minimum absolute atomic E-state index is 0.143. The first-order valence-corrected chi connectivity index (χ1v) is 6.38. The molecule has 0 saturated carbocycles. The summed E-state index contributed by atoms with van der Waals surface area (Å²) in [7, 11) is 0. The van der Waals surface area contributed by atoms with E-state index in [1.165, 1.54) is 18.2 Å². The summed E-state index contributed by atoms with van der Waals surface area (Å²) in [5.41, 5.74) is 1.50. The molecule has 0 radical (unpaired) electrons. The molecule has 0 aliphatic rings. The Hall–Kier alpha value is -2.88. The van der Waals surface area contributed by atoms with E-state index in [9.17, 15) is 9.59 Å². The summed E-state index contributed by atoms with van der Waals surface area (Å²) < 4.78 is 5.08. The third-order valence-corrected chi connectivity index (χ3v) is 2.81. The van der Waals surface area contributed by atoms with Gasteiger partial charge in [-0.15, -0.1) is 0 Å². The number of hydrogen-bond acceptors (Lipinski definition) is 3. The lowest BCUT2D eigenvalue weighted by Gasteiger charge is -2.02. The van der Waals surface area contributed by atoms with Gasteiger partial charge in [0.25, 0.3) is 0 Å². The van der Waals surface area contributed by atoms with Gasteiger partial charge in [-0.3, -0.25) is 0 Å². The first-order chi connectivity index (χ1) is 10.2. The second-order valence-corrected chi connectivity index (χ2v) is 4.32. The van der Waals surface area contributed by atoms with Crippen molar-refractivity contribution in [1.29, 1.82) is 0 Å². The van der Waals surface area contributed by atoms with Gasteiger partial charge in [0.1, 0.15) is 6.61 Å². The van der Waals surface area contributed by atoms with Crippen molar-refractivity contribution < 1.29 is 19.4 Å². The molecular formula is C17H14O4. The van der Waals surface area contributed by atoms with Gasteiger partial charge >= 0.3 is 11.9 Å². The largest absolute Gasteiger partial charge is 0.478 e. The normalized spacial score (nSPS) is 10.5. The van der Waals surface area contributed by atoms with Gasteiger partial charge in [0.15, 0.2) is 0 Å². The molecule has 2 rings (SSSR count). The first-order valence-electron chi connectivity index (χ1n) is 6.38. The molecule has 0 aromatic heterocycles. The highest BCUT2D eigenvalue weighted by Gasteiger charge is 2.06. The summed E-state index contributed by atoms with van der Waals surface area (Å²) in [6.07, 6.45) is 2.67. The van der Waals surface area contributed by atoms with Crippen molar-refractivity contribution in [2.75, 3.05) is 0 Å². The van der Waals surface area contributed by atoms with E-state index in [1.54, 1.807) is 18.2 Å². The maximum atomic E-state index is 11.6. The van der Waals surface area contributed by atoms with Gasteiger partial charge in [0.2, 0.25) is 0 Å². The Morgan fingerprint density at radius 2 is 1.67 bits per heavy atom. The summed E-state index contributed by atoms with van der Waals surface area (Å²) in [4.78, 5) is 22.6. The molecule has 0 saturated heterocycles. The summed E-state index contributed by atoms with van der Waals surface area (Å²) in [5, 5.41) is 9.03. The van der Waals surface area contributed by atoms with Crippen LogP contribution in [0.3, 0.4) is 0 Å². The zero-order valence-corrected chi connectivity index (χ0v) is 11.2. The summed E-state index contributed by atoms with van der Waals surface area (Å²) in [6.45, 7) is 0.185. The van der Waals surface area contributed by atoms with E-state index < -0.39 is 11.9 Å². The Morgan fingerprint density at radius 1 is 1.00 bits per heavy atom. The number of carbonyl (C=O) groups excluding carboxylic acids is 1. The summed E-state index contributed by atoms with van der Waals surface area (Å²) >= 11 is 0. The molecule has 0 unspecified atom stereocenters. The lowest BCUT2D eigenvalue weighted by molar-refractivity contribution is -0.138. The molecule has 2 aromatic carbocycles. The number of carbonyl (C=O) groups is 2. The average Bonchev–Trinajstić information content (AvgIpc) is 2.52. The number of carboxylic acids is 1. The van der Waals surface area contributed by atoms with E-state index in [0.717, 1.165) is 5.56 Å². The Balaban J connectivity index is 1.98. The molecule has 0 atom stereocenters. The third-order valence-electron chi connectivity index (χ3n) is 2.81. The van der Waals surface area contributed by atoms with Crippen molar-refractivity contribution in [3.63, 3.8) is 0 Å². The number of hydrogen-bond donors (Lipinski definition) is 1. The lowest BCUT2D eigenvalue weighted by atomic mass is 10.1. The Labute approximate surface area is 122 Å². The average molecular weight is 282 g/mol. The molecule has 4 nitrogen and oxygen atoms in total. The van der Waals surface area contributed by atoms with Crippen molar-refractivity contribution in [3.8, 4) is 0 Å². The minimum atomic E-state index is -1.03. The van der Waals surface area contributed by atoms with Gasteiger partial charge in [0, 0.05) is 6.08 Å². The predicted octanol–water partition coefficient (Wildman–Crippen LogP) is 3.14. The molecule has 0 fully saturated rings. The minimum Gasteiger partial charge on any atom is -0.478 e. The smallest absolute Gasteiger partial charge is 0.336 e. The van der Waals surface area contributed by atoms with Crippen molar-refractivity contribution >= 4 is 18.0 Å². The number of esters is 1. The Morgan fingerprint density at radius 3 is 2.38 bits per heavy atom. The van der Waals surface area contributed by atoms with Gasteiger partial charge in [0.05, 0.1) is 5.56 Å². The molecule has 0 aliphatic carbocycles. The van der Waals surface area contributed by atoms with Crippen LogP contribution in [0.2, 0.25) is 0 Å². The van der Waals surface area contributed by atoms with Gasteiger partial charge in [-0.1, -0.05) is 48.5 Å². The fraction of sp³-hybridized carbons (Fsp3) is 0.0588. The van der Waals surface area contributed by atoms with E-state index in [1.807, 2.05) is 30.3 Å². The number of rotatable bonds is 5. The van der Waals surface area contributed by atoms with Gasteiger partial charge in [-0.25, -0.2) is 9.59 Å². The van der Waals surface area contributed by atoms with Crippen LogP contribution >= 0.6 is 0 Å². The molecule has 0 amide bonds. The molecule has 0 spiro atoms. The maximum Gasteiger partial charge on any atom is 0.336 e. The lowest BCUT2D eigenvalue weighted by Crippen LogP contribution is -2.02. The monoisotopic (exact) mass is 282 g/mol. The molecule has 2 aromatic rings. The molecule has 21 heavy (non-hydrogen) atoms. The van der Waals surface area contributed by atoms with Gasteiger partial charge < -0.3 is 9.84 Å². The molecule has 1 N–H and O–H groups in total. The first kappa shape index (κ1) is 14.5. The van der Waals surface area contributed by atoms with Crippen LogP contribution in [-0.2, 0) is 16.1 Å². The van der Waals surface area contributed by atoms with Crippen molar-refractivity contribution in [1.82, 2.24) is 0 Å². The molecule has 0 aliphatic heterocycles. The number of ether oxygens (including phenoxy) is 1. The zero-order valence-electron chi connectivity index (χ0n) is 11.2. The Bertz CT molecular complexity index is 660. The molecule has 4 heteroatoms. The summed E-state index contributed by atoms with van der Waals surface area (Å²) in [5.74, 6) is -1.55. The van der Waals surface area contributed by atoms with Crippen LogP contribution < -0.4 is 0 Å². The highest BCUT2D eigenvalue weighted by Crippen LogP contribution is 2.11. The van der Waals surface area contributed by atoms with Crippen LogP contribution in [0.15, 0.2) is 60.7 Å². The van der Waals surface area contributed by atoms with Gasteiger partial charge in [-0.05, 0) is 23.3 Å². The second-order valence-electron chi connectivity index (χ2n) is 4.32. The maximum absolute atomic E-state index is 11.6. The van der Waals surface area contributed by atoms with Crippen LogP contribution in [-0.4, -0.2) is 17.0 Å². The van der Waals surface area contributed by atoms with E-state index >= 15 is 0 Å². The van der Waals surface area contributed by atoms with E-state index in [-0.39, 0.29) is 12.2 Å². The quantitative estimate of drug-likeness (QED) is 0.676. The summed E-state index contributed by atoms with van der Waals surface area (Å²) in [6, 6.07) is 15.8. The van der Waals surface area contributed by atoms with Crippen molar-refractivity contribution in [3.05, 3.63) is 77.4 Å².